The van der Waals surface area contributed by atoms with Crippen molar-refractivity contribution in [3.05, 3.63) is 34.5 Å². The zero-order chi connectivity index (χ0) is 13.8. The minimum absolute atomic E-state index is 0.0938. The van der Waals surface area contributed by atoms with Gasteiger partial charge in [0.2, 0.25) is 0 Å². The van der Waals surface area contributed by atoms with E-state index in [9.17, 15) is 4.79 Å². The van der Waals surface area contributed by atoms with Crippen LogP contribution in [0.2, 0.25) is 0 Å². The Balaban J connectivity index is 2.21. The van der Waals surface area contributed by atoms with Crippen LogP contribution in [0.5, 0.6) is 0 Å². The van der Waals surface area contributed by atoms with Crippen LogP contribution in [0.4, 0.5) is 0 Å². The van der Waals surface area contributed by atoms with Gasteiger partial charge >= 0.3 is 5.97 Å². The molecule has 0 atom stereocenters. The molecule has 0 radical (unpaired) electrons. The van der Waals surface area contributed by atoms with Crippen LogP contribution in [0.1, 0.15) is 17.0 Å². The number of hydrogen-bond donors (Lipinski definition) is 1. The van der Waals surface area contributed by atoms with E-state index in [2.05, 4.69) is 16.0 Å². The number of nitrogens with zero attached hydrogens (tertiary/aromatic N) is 3. The van der Waals surface area contributed by atoms with Gasteiger partial charge in [0.1, 0.15) is 11.1 Å². The largest absolute Gasteiger partial charge is 0.481 e. The number of aliphatic carboxylic acids is 1. The van der Waals surface area contributed by atoms with E-state index >= 15 is 0 Å². The lowest BCUT2D eigenvalue weighted by Crippen LogP contribution is -1.99. The van der Waals surface area contributed by atoms with Crippen LogP contribution in [0.3, 0.4) is 0 Å². The molecule has 0 amide bonds. The van der Waals surface area contributed by atoms with Crippen molar-refractivity contribution in [2.75, 3.05) is 0 Å². The normalized spacial score (nSPS) is 10.1. The summed E-state index contributed by atoms with van der Waals surface area (Å²) in [5, 5.41) is 20.0. The summed E-state index contributed by atoms with van der Waals surface area (Å²) in [5.74, 6) is -0.909. The Kier molecular flexibility index (Phi) is 4.14. The second-order valence-corrected chi connectivity index (χ2v) is 5.79. The van der Waals surface area contributed by atoms with Crippen molar-refractivity contribution in [2.45, 2.75) is 22.7 Å². The van der Waals surface area contributed by atoms with Crippen LogP contribution in [0, 0.1) is 18.3 Å². The lowest BCUT2D eigenvalue weighted by Gasteiger charge is -2.01. The standard InChI is InChI=1S/C12H9N3O2S2/c1-7-2-3-8(5-13)11(14-7)19-12-15-9(6-18-12)4-10(16)17/h2-3,6H,4H2,1H3,(H,16,17). The van der Waals surface area contributed by atoms with Crippen LogP contribution in [-0.4, -0.2) is 21.0 Å². The monoisotopic (exact) mass is 291 g/mol. The molecular weight excluding hydrogens is 282 g/mol. The molecule has 0 unspecified atom stereocenters. The number of carboxylic acids is 1. The third-order valence-electron chi connectivity index (χ3n) is 2.17. The first-order valence-electron chi connectivity index (χ1n) is 5.30. The molecular formula is C12H9N3O2S2. The number of carboxylic acid groups (broad SMARTS) is 1. The molecule has 2 rings (SSSR count). The molecule has 7 heteroatoms. The average molecular weight is 291 g/mol. The van der Waals surface area contributed by atoms with E-state index in [-0.39, 0.29) is 6.42 Å². The Hall–Kier alpha value is -1.91. The first-order valence-corrected chi connectivity index (χ1v) is 7.00. The molecule has 0 aliphatic heterocycles. The maximum absolute atomic E-state index is 10.6. The second kappa shape index (κ2) is 5.82. The maximum atomic E-state index is 10.6. The Morgan fingerprint density at radius 1 is 1.53 bits per heavy atom. The predicted octanol–water partition coefficient (Wildman–Crippen LogP) is 2.50. The van der Waals surface area contributed by atoms with Crippen LogP contribution in [0.15, 0.2) is 26.9 Å². The molecule has 0 saturated carbocycles. The Morgan fingerprint density at radius 2 is 2.32 bits per heavy atom. The molecule has 96 valence electrons. The van der Waals surface area contributed by atoms with Gasteiger partial charge in [-0.15, -0.1) is 11.3 Å². The smallest absolute Gasteiger partial charge is 0.309 e. The van der Waals surface area contributed by atoms with E-state index in [1.807, 2.05) is 6.92 Å². The SMILES string of the molecule is Cc1ccc(C#N)c(Sc2nc(CC(=O)O)cs2)n1. The molecule has 0 spiro atoms. The van der Waals surface area contributed by atoms with Gasteiger partial charge in [0.25, 0.3) is 0 Å². The molecule has 2 heterocycles. The van der Waals surface area contributed by atoms with Crippen molar-refractivity contribution < 1.29 is 9.90 Å². The molecule has 0 aliphatic carbocycles. The quantitative estimate of drug-likeness (QED) is 0.931. The molecule has 0 fully saturated rings. The highest BCUT2D eigenvalue weighted by atomic mass is 32.2. The van der Waals surface area contributed by atoms with Gasteiger partial charge in [0.05, 0.1) is 17.7 Å². The first kappa shape index (κ1) is 13.5. The Labute approximate surface area is 117 Å². The summed E-state index contributed by atoms with van der Waals surface area (Å²) in [7, 11) is 0. The zero-order valence-electron chi connectivity index (χ0n) is 9.95. The number of aryl methyl sites for hydroxylation is 1. The van der Waals surface area contributed by atoms with Crippen molar-refractivity contribution in [1.29, 1.82) is 5.26 Å². The van der Waals surface area contributed by atoms with E-state index in [4.69, 9.17) is 10.4 Å². The molecule has 0 aliphatic rings. The molecule has 0 aromatic carbocycles. The minimum Gasteiger partial charge on any atom is -0.481 e. The van der Waals surface area contributed by atoms with Crippen LogP contribution in [0.25, 0.3) is 0 Å². The number of carbonyl (C=O) groups is 1. The van der Waals surface area contributed by atoms with Gasteiger partial charge in [-0.2, -0.15) is 5.26 Å². The van der Waals surface area contributed by atoms with Gasteiger partial charge in [-0.1, -0.05) is 0 Å². The van der Waals surface area contributed by atoms with E-state index in [0.717, 1.165) is 5.69 Å². The van der Waals surface area contributed by atoms with E-state index in [1.165, 1.54) is 23.1 Å². The highest BCUT2D eigenvalue weighted by molar-refractivity contribution is 8.01. The summed E-state index contributed by atoms with van der Waals surface area (Å²) in [6, 6.07) is 5.58. The van der Waals surface area contributed by atoms with Gasteiger partial charge in [0, 0.05) is 11.1 Å². The highest BCUT2D eigenvalue weighted by Gasteiger charge is 2.11. The number of hydrogen-bond acceptors (Lipinski definition) is 6. The molecule has 5 nitrogen and oxygen atoms in total. The Morgan fingerprint density at radius 3 is 3.00 bits per heavy atom. The second-order valence-electron chi connectivity index (χ2n) is 3.69. The fourth-order valence-corrected chi connectivity index (χ4v) is 3.21. The lowest BCUT2D eigenvalue weighted by molar-refractivity contribution is -0.136. The van der Waals surface area contributed by atoms with Gasteiger partial charge in [-0.3, -0.25) is 4.79 Å². The van der Waals surface area contributed by atoms with E-state index in [1.54, 1.807) is 17.5 Å². The molecule has 2 aromatic heterocycles. The fraction of sp³-hybridized carbons (Fsp3) is 0.167. The third-order valence-corrected chi connectivity index (χ3v) is 4.16. The molecule has 19 heavy (non-hydrogen) atoms. The molecule has 0 saturated heterocycles. The average Bonchev–Trinajstić information content (AvgIpc) is 2.76. The summed E-state index contributed by atoms with van der Waals surface area (Å²) in [5.41, 5.74) is 1.83. The van der Waals surface area contributed by atoms with Gasteiger partial charge < -0.3 is 5.11 Å². The lowest BCUT2D eigenvalue weighted by atomic mass is 10.3. The van der Waals surface area contributed by atoms with Crippen LogP contribution in [-0.2, 0) is 11.2 Å². The number of pyridine rings is 1. The molecule has 2 aromatic rings. The van der Waals surface area contributed by atoms with Crippen molar-refractivity contribution >= 4 is 29.1 Å². The van der Waals surface area contributed by atoms with Gasteiger partial charge in [-0.05, 0) is 30.8 Å². The highest BCUT2D eigenvalue weighted by Crippen LogP contribution is 2.31. The fourth-order valence-electron chi connectivity index (χ4n) is 1.35. The topological polar surface area (TPSA) is 86.9 Å². The van der Waals surface area contributed by atoms with E-state index < -0.39 is 5.97 Å². The van der Waals surface area contributed by atoms with Crippen molar-refractivity contribution in [3.8, 4) is 6.07 Å². The Bertz CT molecular complexity index is 661. The van der Waals surface area contributed by atoms with Gasteiger partial charge in [0.15, 0.2) is 4.34 Å². The minimum atomic E-state index is -0.909. The van der Waals surface area contributed by atoms with Crippen LogP contribution >= 0.6 is 23.1 Å². The van der Waals surface area contributed by atoms with Crippen molar-refractivity contribution in [1.82, 2.24) is 9.97 Å². The number of rotatable bonds is 4. The maximum Gasteiger partial charge on any atom is 0.309 e. The van der Waals surface area contributed by atoms with Crippen molar-refractivity contribution in [3.63, 3.8) is 0 Å². The van der Waals surface area contributed by atoms with E-state index in [0.29, 0.717) is 20.6 Å². The van der Waals surface area contributed by atoms with Gasteiger partial charge in [-0.25, -0.2) is 9.97 Å². The molecule has 1 N–H and O–H groups in total. The summed E-state index contributed by atoms with van der Waals surface area (Å²) >= 11 is 2.63. The summed E-state index contributed by atoms with van der Waals surface area (Å²) in [6.45, 7) is 1.85. The predicted molar refractivity (Wildman–Crippen MR) is 71.3 cm³/mol. The number of aromatic nitrogens is 2. The van der Waals surface area contributed by atoms with Crippen LogP contribution < -0.4 is 0 Å². The molecule has 0 bridgehead atoms. The zero-order valence-corrected chi connectivity index (χ0v) is 11.6. The summed E-state index contributed by atoms with van der Waals surface area (Å²) in [4.78, 5) is 19.1. The number of nitriles is 1. The summed E-state index contributed by atoms with van der Waals surface area (Å²) in [6.07, 6.45) is -0.0938. The van der Waals surface area contributed by atoms with Crippen molar-refractivity contribution in [2.24, 2.45) is 0 Å². The first-order chi connectivity index (χ1) is 9.08. The third kappa shape index (κ3) is 3.53. The number of thiazole rings is 1. The summed E-state index contributed by atoms with van der Waals surface area (Å²) < 4.78 is 0.686.